The van der Waals surface area contributed by atoms with Gasteiger partial charge in [0, 0.05) is 43.5 Å². The van der Waals surface area contributed by atoms with E-state index in [1.807, 2.05) is 38.7 Å². The van der Waals surface area contributed by atoms with Gasteiger partial charge in [0.15, 0.2) is 5.65 Å². The number of halogens is 1. The van der Waals surface area contributed by atoms with Crippen molar-refractivity contribution in [2.45, 2.75) is 39.7 Å². The summed E-state index contributed by atoms with van der Waals surface area (Å²) < 4.78 is 21.0. The van der Waals surface area contributed by atoms with Gasteiger partial charge in [0.05, 0.1) is 35.1 Å². The molecule has 1 fully saturated rings. The van der Waals surface area contributed by atoms with Crippen molar-refractivity contribution in [1.82, 2.24) is 24.4 Å². The lowest BCUT2D eigenvalue weighted by Crippen LogP contribution is -2.54. The van der Waals surface area contributed by atoms with Crippen LogP contribution in [0.25, 0.3) is 28.0 Å². The van der Waals surface area contributed by atoms with Crippen molar-refractivity contribution in [2.75, 3.05) is 31.6 Å². The molecule has 0 radical (unpaired) electrons. The Labute approximate surface area is 248 Å². The Morgan fingerprint density at radius 1 is 1.23 bits per heavy atom. The highest BCUT2D eigenvalue weighted by Crippen LogP contribution is 2.36. The van der Waals surface area contributed by atoms with Crippen LogP contribution in [0, 0.1) is 24.1 Å². The molecule has 5 rings (SSSR count). The Kier molecular flexibility index (Phi) is 7.96. The van der Waals surface area contributed by atoms with Gasteiger partial charge in [-0.1, -0.05) is 20.4 Å². The number of pyridine rings is 2. The van der Waals surface area contributed by atoms with Gasteiger partial charge < -0.3 is 14.5 Å². The van der Waals surface area contributed by atoms with Crippen LogP contribution in [-0.4, -0.2) is 63.1 Å². The summed E-state index contributed by atoms with van der Waals surface area (Å²) in [5, 5.41) is 10.7. The molecule has 0 bridgehead atoms. The van der Waals surface area contributed by atoms with Crippen molar-refractivity contribution >= 4 is 22.8 Å². The summed E-state index contributed by atoms with van der Waals surface area (Å²) in [6, 6.07) is 9.49. The van der Waals surface area contributed by atoms with Crippen LogP contribution >= 0.6 is 0 Å². The van der Waals surface area contributed by atoms with Crippen LogP contribution in [0.1, 0.15) is 43.5 Å². The number of fused-ring (bicyclic) bond motifs is 1. The lowest BCUT2D eigenvalue weighted by atomic mass is 10.0. The fraction of sp³-hybridized carbons (Fsp3) is 0.312. The number of aryl methyl sites for hydroxylation is 1. The molecule has 43 heavy (non-hydrogen) atoms. The maximum atomic E-state index is 14.1. The molecule has 220 valence electrons. The molecule has 3 aromatic heterocycles. The zero-order valence-corrected chi connectivity index (χ0v) is 24.8. The second-order valence-electron chi connectivity index (χ2n) is 10.8. The summed E-state index contributed by atoms with van der Waals surface area (Å²) in [5.41, 5.74) is 2.59. The molecule has 11 heteroatoms. The number of amides is 1. The number of methoxy groups -OCH3 is 1. The van der Waals surface area contributed by atoms with Gasteiger partial charge in [-0.3, -0.25) is 9.78 Å². The smallest absolute Gasteiger partial charge is 0.355 e. The molecule has 0 saturated carbocycles. The number of carbonyl (C=O) groups excluding carboxylic acids is 1. The van der Waals surface area contributed by atoms with E-state index in [1.165, 1.54) is 36.0 Å². The molecule has 1 atom stereocenters. The van der Waals surface area contributed by atoms with Gasteiger partial charge in [-0.2, -0.15) is 10.2 Å². The van der Waals surface area contributed by atoms with E-state index < -0.39 is 11.5 Å². The molecule has 1 amide bonds. The van der Waals surface area contributed by atoms with Gasteiger partial charge in [0.1, 0.15) is 23.5 Å². The summed E-state index contributed by atoms with van der Waals surface area (Å²) in [6.07, 6.45) is 2.99. The first kappa shape index (κ1) is 29.4. The SMILES string of the molecule is C=CC(=O)N1CCN(c2nc(=O)n(-c3c(C)ccnc3C(C)C)c3nc(-c4ccc(F)cc4OC)c(C#N)cc23)C(C)C1. The standard InChI is InChI=1S/C32H32FN7O3/c1-7-26(41)38-12-13-39(20(5)17-38)30-24-14-21(16-34)28(23-9-8-22(33)15-25(23)43-6)36-31(24)40(32(42)37-30)29-19(4)10-11-35-27(29)18(2)3/h7-11,14-15,18,20H,1,12-13,17H2,2-6H3. The third-order valence-electron chi connectivity index (χ3n) is 7.70. The van der Waals surface area contributed by atoms with Gasteiger partial charge in [-0.15, -0.1) is 0 Å². The van der Waals surface area contributed by atoms with Gasteiger partial charge in [-0.25, -0.2) is 18.7 Å². The first-order valence-electron chi connectivity index (χ1n) is 13.9. The largest absolute Gasteiger partial charge is 0.496 e. The molecule has 1 unspecified atom stereocenters. The van der Waals surface area contributed by atoms with Crippen molar-refractivity contribution in [3.63, 3.8) is 0 Å². The number of ether oxygens (including phenoxy) is 1. The number of aromatic nitrogens is 4. The second-order valence-corrected chi connectivity index (χ2v) is 10.8. The minimum atomic E-state index is -0.563. The lowest BCUT2D eigenvalue weighted by Gasteiger charge is -2.40. The van der Waals surface area contributed by atoms with Crippen LogP contribution in [0.3, 0.4) is 0 Å². The molecule has 1 aromatic carbocycles. The molecule has 1 aliphatic heterocycles. The molecule has 0 aliphatic carbocycles. The highest BCUT2D eigenvalue weighted by molar-refractivity contribution is 5.93. The minimum absolute atomic E-state index is 0.0259. The fourth-order valence-corrected chi connectivity index (χ4v) is 5.59. The maximum absolute atomic E-state index is 14.1. The zero-order valence-electron chi connectivity index (χ0n) is 24.8. The number of nitriles is 1. The molecular weight excluding hydrogens is 549 g/mol. The monoisotopic (exact) mass is 581 g/mol. The lowest BCUT2D eigenvalue weighted by molar-refractivity contribution is -0.126. The van der Waals surface area contributed by atoms with Crippen molar-refractivity contribution in [3.05, 3.63) is 82.3 Å². The van der Waals surface area contributed by atoms with Crippen LogP contribution in [0.2, 0.25) is 0 Å². The van der Waals surface area contributed by atoms with E-state index in [0.717, 1.165) is 5.56 Å². The molecule has 1 aliphatic rings. The highest BCUT2D eigenvalue weighted by atomic mass is 19.1. The van der Waals surface area contributed by atoms with Crippen LogP contribution < -0.4 is 15.3 Å². The van der Waals surface area contributed by atoms with E-state index in [2.05, 4.69) is 22.6 Å². The average molecular weight is 582 g/mol. The average Bonchev–Trinajstić information content (AvgIpc) is 2.99. The molecule has 0 spiro atoms. The number of piperazine rings is 1. The molecule has 10 nitrogen and oxygen atoms in total. The predicted octanol–water partition coefficient (Wildman–Crippen LogP) is 4.52. The Balaban J connectivity index is 1.86. The Morgan fingerprint density at radius 2 is 2.00 bits per heavy atom. The number of hydrogen-bond acceptors (Lipinski definition) is 8. The second kappa shape index (κ2) is 11.6. The normalized spacial score (nSPS) is 15.1. The molecule has 4 heterocycles. The topological polar surface area (TPSA) is 117 Å². The molecule has 1 saturated heterocycles. The third-order valence-corrected chi connectivity index (χ3v) is 7.70. The highest BCUT2D eigenvalue weighted by Gasteiger charge is 2.30. The van der Waals surface area contributed by atoms with Crippen molar-refractivity contribution in [2.24, 2.45) is 0 Å². The summed E-state index contributed by atoms with van der Waals surface area (Å²) >= 11 is 0. The Morgan fingerprint density at radius 3 is 2.65 bits per heavy atom. The summed E-state index contributed by atoms with van der Waals surface area (Å²) in [4.78, 5) is 44.1. The predicted molar refractivity (Wildman–Crippen MR) is 162 cm³/mol. The van der Waals surface area contributed by atoms with Crippen LogP contribution in [0.5, 0.6) is 5.75 Å². The van der Waals surface area contributed by atoms with E-state index >= 15 is 0 Å². The Hall–Kier alpha value is -5.11. The van der Waals surface area contributed by atoms with Gasteiger partial charge in [0.25, 0.3) is 0 Å². The number of anilines is 1. The van der Waals surface area contributed by atoms with Crippen molar-refractivity contribution < 1.29 is 13.9 Å². The number of carbonyl (C=O) groups is 1. The van der Waals surface area contributed by atoms with E-state index in [1.54, 1.807) is 17.2 Å². The molecular formula is C32H32FN7O3. The Bertz CT molecular complexity index is 1860. The minimum Gasteiger partial charge on any atom is -0.496 e. The number of rotatable bonds is 6. The van der Waals surface area contributed by atoms with E-state index in [0.29, 0.717) is 47.8 Å². The van der Waals surface area contributed by atoms with E-state index in [4.69, 9.17) is 9.72 Å². The van der Waals surface area contributed by atoms with Crippen LogP contribution in [0.15, 0.2) is 54.0 Å². The quantitative estimate of drug-likeness (QED) is 0.305. The van der Waals surface area contributed by atoms with Crippen molar-refractivity contribution in [1.29, 1.82) is 5.26 Å². The van der Waals surface area contributed by atoms with Gasteiger partial charge in [-0.05, 0) is 55.7 Å². The summed E-state index contributed by atoms with van der Waals surface area (Å²) in [7, 11) is 1.41. The summed E-state index contributed by atoms with van der Waals surface area (Å²) in [6.45, 7) is 12.6. The molecule has 4 aromatic rings. The molecule has 0 N–H and O–H groups in total. The van der Waals surface area contributed by atoms with Crippen LogP contribution in [-0.2, 0) is 4.79 Å². The third kappa shape index (κ3) is 5.20. The van der Waals surface area contributed by atoms with E-state index in [9.17, 15) is 19.2 Å². The van der Waals surface area contributed by atoms with Gasteiger partial charge in [0.2, 0.25) is 5.91 Å². The fourth-order valence-electron chi connectivity index (χ4n) is 5.59. The van der Waals surface area contributed by atoms with E-state index in [-0.39, 0.29) is 40.5 Å². The first-order chi connectivity index (χ1) is 20.6. The zero-order chi connectivity index (χ0) is 31.0. The van der Waals surface area contributed by atoms with Crippen LogP contribution in [0.4, 0.5) is 10.2 Å². The number of benzene rings is 1. The number of nitrogens with zero attached hydrogens (tertiary/aromatic N) is 7. The van der Waals surface area contributed by atoms with Crippen molar-refractivity contribution in [3.8, 4) is 28.8 Å². The van der Waals surface area contributed by atoms with Gasteiger partial charge >= 0.3 is 5.69 Å². The summed E-state index contributed by atoms with van der Waals surface area (Å²) in [5.74, 6) is -0.132. The maximum Gasteiger partial charge on any atom is 0.355 e. The first-order valence-corrected chi connectivity index (χ1v) is 13.9. The number of hydrogen-bond donors (Lipinski definition) is 0.